The molecule has 1 heterocycles. The summed E-state index contributed by atoms with van der Waals surface area (Å²) in [5, 5.41) is 3.66. The lowest BCUT2D eigenvalue weighted by molar-refractivity contribution is 0.258. The van der Waals surface area contributed by atoms with Crippen LogP contribution in [0.2, 0.25) is 0 Å². The van der Waals surface area contributed by atoms with Crippen LogP contribution in [0.4, 0.5) is 0 Å². The zero-order valence-corrected chi connectivity index (χ0v) is 13.3. The SMILES string of the molecule is CC(C)C1CCC(c2nc(C(C)(C)C)cs2)CC1. The molecule has 18 heavy (non-hydrogen) atoms. The molecular weight excluding hydrogens is 238 g/mol. The van der Waals surface area contributed by atoms with Gasteiger partial charge in [0.25, 0.3) is 0 Å². The molecule has 1 nitrogen and oxygen atoms in total. The summed E-state index contributed by atoms with van der Waals surface area (Å²) in [5.41, 5.74) is 1.47. The minimum Gasteiger partial charge on any atom is -0.245 e. The highest BCUT2D eigenvalue weighted by molar-refractivity contribution is 7.09. The summed E-state index contributed by atoms with van der Waals surface area (Å²) in [6, 6.07) is 0. The highest BCUT2D eigenvalue weighted by atomic mass is 32.1. The van der Waals surface area contributed by atoms with E-state index in [0.29, 0.717) is 0 Å². The molecular formula is C16H27NS. The molecule has 0 aliphatic heterocycles. The number of hydrogen-bond acceptors (Lipinski definition) is 2. The molecule has 2 rings (SSSR count). The van der Waals surface area contributed by atoms with Gasteiger partial charge in [0, 0.05) is 16.7 Å². The van der Waals surface area contributed by atoms with Crippen LogP contribution in [-0.2, 0) is 5.41 Å². The Hall–Kier alpha value is -0.370. The summed E-state index contributed by atoms with van der Waals surface area (Å²) in [5.74, 6) is 2.54. The first-order valence-corrected chi connectivity index (χ1v) is 8.22. The van der Waals surface area contributed by atoms with Crippen LogP contribution in [-0.4, -0.2) is 4.98 Å². The normalized spacial score (nSPS) is 25.7. The van der Waals surface area contributed by atoms with Crippen molar-refractivity contribution < 1.29 is 0 Å². The van der Waals surface area contributed by atoms with Crippen molar-refractivity contribution in [1.82, 2.24) is 4.98 Å². The molecule has 0 saturated heterocycles. The second kappa shape index (κ2) is 5.32. The molecule has 1 aromatic heterocycles. The van der Waals surface area contributed by atoms with E-state index in [0.717, 1.165) is 17.8 Å². The topological polar surface area (TPSA) is 12.9 Å². The van der Waals surface area contributed by atoms with Crippen molar-refractivity contribution >= 4 is 11.3 Å². The molecule has 0 aromatic carbocycles. The Bertz CT molecular complexity index is 378. The molecule has 1 saturated carbocycles. The maximum Gasteiger partial charge on any atom is 0.0959 e. The van der Waals surface area contributed by atoms with Crippen molar-refractivity contribution in [3.05, 3.63) is 16.1 Å². The van der Waals surface area contributed by atoms with Gasteiger partial charge in [0.05, 0.1) is 10.7 Å². The van der Waals surface area contributed by atoms with E-state index >= 15 is 0 Å². The van der Waals surface area contributed by atoms with Crippen molar-refractivity contribution in [2.75, 3.05) is 0 Å². The van der Waals surface area contributed by atoms with Crippen LogP contribution in [0.5, 0.6) is 0 Å². The van der Waals surface area contributed by atoms with Crippen molar-refractivity contribution in [2.24, 2.45) is 11.8 Å². The highest BCUT2D eigenvalue weighted by Gasteiger charge is 2.27. The van der Waals surface area contributed by atoms with Gasteiger partial charge in [-0.2, -0.15) is 0 Å². The van der Waals surface area contributed by atoms with Gasteiger partial charge in [0.15, 0.2) is 0 Å². The first-order valence-electron chi connectivity index (χ1n) is 7.34. The maximum absolute atomic E-state index is 4.89. The van der Waals surface area contributed by atoms with Crippen molar-refractivity contribution in [3.8, 4) is 0 Å². The average Bonchev–Trinajstić information content (AvgIpc) is 2.78. The first kappa shape index (κ1) is 14.0. The summed E-state index contributed by atoms with van der Waals surface area (Å²) < 4.78 is 0. The smallest absolute Gasteiger partial charge is 0.0959 e. The van der Waals surface area contributed by atoms with Gasteiger partial charge in [-0.3, -0.25) is 0 Å². The second-order valence-corrected chi connectivity index (χ2v) is 8.07. The Morgan fingerprint density at radius 1 is 1.17 bits per heavy atom. The van der Waals surface area contributed by atoms with Crippen LogP contribution in [0.3, 0.4) is 0 Å². The first-order chi connectivity index (χ1) is 8.38. The van der Waals surface area contributed by atoms with Gasteiger partial charge >= 0.3 is 0 Å². The van der Waals surface area contributed by atoms with E-state index in [1.807, 2.05) is 11.3 Å². The number of rotatable bonds is 2. The molecule has 2 heteroatoms. The number of nitrogens with zero attached hydrogens (tertiary/aromatic N) is 1. The van der Waals surface area contributed by atoms with E-state index in [1.165, 1.54) is 36.4 Å². The summed E-state index contributed by atoms with van der Waals surface area (Å²) >= 11 is 1.88. The molecule has 0 N–H and O–H groups in total. The van der Waals surface area contributed by atoms with Crippen LogP contribution in [0.1, 0.15) is 76.9 Å². The van der Waals surface area contributed by atoms with Gasteiger partial charge in [-0.1, -0.05) is 34.6 Å². The van der Waals surface area contributed by atoms with Gasteiger partial charge in [-0.25, -0.2) is 4.98 Å². The van der Waals surface area contributed by atoms with Crippen LogP contribution in [0.15, 0.2) is 5.38 Å². The van der Waals surface area contributed by atoms with E-state index in [1.54, 1.807) is 0 Å². The molecule has 0 spiro atoms. The van der Waals surface area contributed by atoms with E-state index in [4.69, 9.17) is 4.98 Å². The Labute approximate surface area is 116 Å². The van der Waals surface area contributed by atoms with Crippen molar-refractivity contribution in [3.63, 3.8) is 0 Å². The van der Waals surface area contributed by atoms with E-state index in [9.17, 15) is 0 Å². The Morgan fingerprint density at radius 3 is 2.22 bits per heavy atom. The molecule has 0 atom stereocenters. The molecule has 0 unspecified atom stereocenters. The monoisotopic (exact) mass is 265 g/mol. The van der Waals surface area contributed by atoms with E-state index in [2.05, 4.69) is 40.0 Å². The largest absolute Gasteiger partial charge is 0.245 e. The summed E-state index contributed by atoms with van der Waals surface area (Å²) in [4.78, 5) is 4.89. The average molecular weight is 265 g/mol. The maximum atomic E-state index is 4.89. The molecule has 1 fully saturated rings. The van der Waals surface area contributed by atoms with E-state index < -0.39 is 0 Å². The lowest BCUT2D eigenvalue weighted by atomic mass is 9.77. The molecule has 1 aromatic rings. The predicted octanol–water partition coefficient (Wildman–Crippen LogP) is 5.37. The standard InChI is InChI=1S/C16H27NS/c1-11(2)12-6-8-13(9-7-12)15-17-14(10-18-15)16(3,4)5/h10-13H,6-9H2,1-5H3. The Balaban J connectivity index is 2.00. The van der Waals surface area contributed by atoms with E-state index in [-0.39, 0.29) is 5.41 Å². The third kappa shape index (κ3) is 3.14. The van der Waals surface area contributed by atoms with Gasteiger partial charge in [0.2, 0.25) is 0 Å². The molecule has 1 aliphatic rings. The Morgan fingerprint density at radius 2 is 1.78 bits per heavy atom. The molecule has 0 amide bonds. The lowest BCUT2D eigenvalue weighted by Gasteiger charge is -2.29. The summed E-state index contributed by atoms with van der Waals surface area (Å²) in [6.07, 6.45) is 5.49. The molecule has 0 bridgehead atoms. The van der Waals surface area contributed by atoms with Crippen LogP contribution in [0, 0.1) is 11.8 Å². The Kier molecular flexibility index (Phi) is 4.15. The predicted molar refractivity (Wildman–Crippen MR) is 80.4 cm³/mol. The van der Waals surface area contributed by atoms with Crippen LogP contribution in [0.25, 0.3) is 0 Å². The number of aromatic nitrogens is 1. The fraction of sp³-hybridized carbons (Fsp3) is 0.812. The molecule has 1 aliphatic carbocycles. The fourth-order valence-electron chi connectivity index (χ4n) is 2.85. The van der Waals surface area contributed by atoms with Gasteiger partial charge < -0.3 is 0 Å². The number of thiazole rings is 1. The third-order valence-electron chi connectivity index (χ3n) is 4.35. The zero-order valence-electron chi connectivity index (χ0n) is 12.5. The van der Waals surface area contributed by atoms with Gasteiger partial charge in [0.1, 0.15) is 0 Å². The summed E-state index contributed by atoms with van der Waals surface area (Å²) in [6.45, 7) is 11.5. The van der Waals surface area contributed by atoms with Crippen molar-refractivity contribution in [2.45, 2.75) is 71.6 Å². The van der Waals surface area contributed by atoms with Crippen molar-refractivity contribution in [1.29, 1.82) is 0 Å². The van der Waals surface area contributed by atoms with Gasteiger partial charge in [-0.15, -0.1) is 11.3 Å². The molecule has 102 valence electrons. The minimum absolute atomic E-state index is 0.198. The van der Waals surface area contributed by atoms with Crippen LogP contribution >= 0.6 is 11.3 Å². The summed E-state index contributed by atoms with van der Waals surface area (Å²) in [7, 11) is 0. The van der Waals surface area contributed by atoms with Crippen LogP contribution < -0.4 is 0 Å². The zero-order chi connectivity index (χ0) is 13.3. The minimum atomic E-state index is 0.198. The lowest BCUT2D eigenvalue weighted by Crippen LogP contribution is -2.18. The quantitative estimate of drug-likeness (QED) is 0.700. The fourth-order valence-corrected chi connectivity index (χ4v) is 4.07. The van der Waals surface area contributed by atoms with Gasteiger partial charge in [-0.05, 0) is 37.5 Å². The number of hydrogen-bond donors (Lipinski definition) is 0. The third-order valence-corrected chi connectivity index (χ3v) is 5.36. The highest BCUT2D eigenvalue weighted by Crippen LogP contribution is 2.40. The second-order valence-electron chi connectivity index (χ2n) is 7.18. The molecule has 0 radical (unpaired) electrons.